The Morgan fingerprint density at radius 3 is 2.61 bits per heavy atom. The van der Waals surface area contributed by atoms with Crippen molar-refractivity contribution in [3.63, 3.8) is 0 Å². The SMILES string of the molecule is Cc1cc(-c2cc3ccccc3o2)ccc1C#N. The van der Waals surface area contributed by atoms with E-state index in [0.29, 0.717) is 5.56 Å². The molecule has 0 saturated carbocycles. The molecule has 1 aromatic heterocycles. The number of hydrogen-bond acceptors (Lipinski definition) is 2. The van der Waals surface area contributed by atoms with E-state index in [-0.39, 0.29) is 0 Å². The number of furan rings is 1. The van der Waals surface area contributed by atoms with Crippen LogP contribution in [-0.2, 0) is 0 Å². The predicted molar refractivity (Wildman–Crippen MR) is 71.1 cm³/mol. The van der Waals surface area contributed by atoms with Crippen LogP contribution < -0.4 is 0 Å². The Morgan fingerprint density at radius 2 is 1.89 bits per heavy atom. The molecule has 0 radical (unpaired) electrons. The van der Waals surface area contributed by atoms with Gasteiger partial charge in [-0.25, -0.2) is 0 Å². The molecule has 0 unspecified atom stereocenters. The number of nitrogens with zero attached hydrogens (tertiary/aromatic N) is 1. The smallest absolute Gasteiger partial charge is 0.135 e. The van der Waals surface area contributed by atoms with E-state index >= 15 is 0 Å². The highest BCUT2D eigenvalue weighted by Crippen LogP contribution is 2.28. The maximum atomic E-state index is 8.92. The number of aryl methyl sites for hydroxylation is 1. The molecule has 3 rings (SSSR count). The molecule has 0 saturated heterocycles. The van der Waals surface area contributed by atoms with E-state index in [1.165, 1.54) is 0 Å². The molecule has 3 aromatic rings. The third kappa shape index (κ3) is 1.66. The summed E-state index contributed by atoms with van der Waals surface area (Å²) in [5, 5.41) is 10.0. The molecule has 0 aliphatic heterocycles. The Hall–Kier alpha value is -2.53. The van der Waals surface area contributed by atoms with Gasteiger partial charge in [0.1, 0.15) is 11.3 Å². The molecule has 1 heterocycles. The van der Waals surface area contributed by atoms with Gasteiger partial charge in [-0.15, -0.1) is 0 Å². The van der Waals surface area contributed by atoms with Gasteiger partial charge in [-0.3, -0.25) is 0 Å². The zero-order valence-corrected chi connectivity index (χ0v) is 9.97. The third-order valence-electron chi connectivity index (χ3n) is 3.06. The first kappa shape index (κ1) is 10.6. The van der Waals surface area contributed by atoms with Gasteiger partial charge in [0.15, 0.2) is 0 Å². The lowest BCUT2D eigenvalue weighted by atomic mass is 10.0. The zero-order valence-electron chi connectivity index (χ0n) is 9.97. The molecule has 0 bridgehead atoms. The number of fused-ring (bicyclic) bond motifs is 1. The normalized spacial score (nSPS) is 10.4. The van der Waals surface area contributed by atoms with Crippen molar-refractivity contribution in [2.75, 3.05) is 0 Å². The van der Waals surface area contributed by atoms with Gasteiger partial charge in [0, 0.05) is 10.9 Å². The lowest BCUT2D eigenvalue weighted by molar-refractivity contribution is 0.631. The van der Waals surface area contributed by atoms with Crippen LogP contribution in [0.5, 0.6) is 0 Å². The predicted octanol–water partition coefficient (Wildman–Crippen LogP) is 4.28. The second-order valence-corrected chi connectivity index (χ2v) is 4.29. The highest BCUT2D eigenvalue weighted by atomic mass is 16.3. The second kappa shape index (κ2) is 4.05. The van der Waals surface area contributed by atoms with Crippen LogP contribution in [0.1, 0.15) is 11.1 Å². The van der Waals surface area contributed by atoms with Gasteiger partial charge in [0.25, 0.3) is 0 Å². The fourth-order valence-corrected chi connectivity index (χ4v) is 2.07. The van der Waals surface area contributed by atoms with Crippen molar-refractivity contribution in [1.82, 2.24) is 0 Å². The van der Waals surface area contributed by atoms with E-state index in [4.69, 9.17) is 9.68 Å². The molecular weight excluding hydrogens is 222 g/mol. The fraction of sp³-hybridized carbons (Fsp3) is 0.0625. The molecule has 86 valence electrons. The number of nitriles is 1. The minimum atomic E-state index is 0.704. The molecule has 2 heteroatoms. The van der Waals surface area contributed by atoms with Crippen LogP contribution in [0.25, 0.3) is 22.3 Å². The van der Waals surface area contributed by atoms with Gasteiger partial charge in [0.05, 0.1) is 11.6 Å². The quantitative estimate of drug-likeness (QED) is 0.629. The van der Waals surface area contributed by atoms with Crippen molar-refractivity contribution in [1.29, 1.82) is 5.26 Å². The van der Waals surface area contributed by atoms with E-state index in [9.17, 15) is 0 Å². The van der Waals surface area contributed by atoms with Gasteiger partial charge in [-0.05, 0) is 42.8 Å². The lowest BCUT2D eigenvalue weighted by Gasteiger charge is -2.00. The summed E-state index contributed by atoms with van der Waals surface area (Å²) in [7, 11) is 0. The highest BCUT2D eigenvalue weighted by Gasteiger charge is 2.07. The minimum Gasteiger partial charge on any atom is -0.456 e. The number of para-hydroxylation sites is 1. The first-order valence-corrected chi connectivity index (χ1v) is 5.77. The van der Waals surface area contributed by atoms with Crippen LogP contribution in [0, 0.1) is 18.3 Å². The van der Waals surface area contributed by atoms with Crippen molar-refractivity contribution in [3.8, 4) is 17.4 Å². The Balaban J connectivity index is 2.15. The summed E-state index contributed by atoms with van der Waals surface area (Å²) in [6.45, 7) is 1.94. The molecule has 0 fully saturated rings. The molecule has 18 heavy (non-hydrogen) atoms. The van der Waals surface area contributed by atoms with Crippen molar-refractivity contribution >= 4 is 11.0 Å². The maximum Gasteiger partial charge on any atom is 0.135 e. The Kier molecular flexibility index (Phi) is 2.39. The Morgan fingerprint density at radius 1 is 1.06 bits per heavy atom. The molecular formula is C16H11NO. The Bertz CT molecular complexity index is 729. The topological polar surface area (TPSA) is 36.9 Å². The summed E-state index contributed by atoms with van der Waals surface area (Å²) < 4.78 is 5.80. The average molecular weight is 233 g/mol. The summed E-state index contributed by atoms with van der Waals surface area (Å²) in [5.74, 6) is 0.837. The summed E-state index contributed by atoms with van der Waals surface area (Å²) >= 11 is 0. The minimum absolute atomic E-state index is 0.704. The van der Waals surface area contributed by atoms with Crippen molar-refractivity contribution in [3.05, 3.63) is 59.7 Å². The van der Waals surface area contributed by atoms with Gasteiger partial charge in [-0.1, -0.05) is 18.2 Å². The Labute approximate surface area is 105 Å². The first-order valence-electron chi connectivity index (χ1n) is 5.77. The van der Waals surface area contributed by atoms with E-state index in [0.717, 1.165) is 27.9 Å². The van der Waals surface area contributed by atoms with Crippen LogP contribution in [0.2, 0.25) is 0 Å². The van der Waals surface area contributed by atoms with Crippen LogP contribution in [0.15, 0.2) is 52.9 Å². The number of rotatable bonds is 1. The molecule has 2 aromatic carbocycles. The van der Waals surface area contributed by atoms with E-state index < -0.39 is 0 Å². The van der Waals surface area contributed by atoms with Crippen molar-refractivity contribution in [2.24, 2.45) is 0 Å². The molecule has 2 nitrogen and oxygen atoms in total. The van der Waals surface area contributed by atoms with Gasteiger partial charge < -0.3 is 4.42 Å². The van der Waals surface area contributed by atoms with E-state index in [1.807, 2.05) is 55.5 Å². The molecule has 0 aliphatic rings. The van der Waals surface area contributed by atoms with Crippen molar-refractivity contribution < 1.29 is 4.42 Å². The van der Waals surface area contributed by atoms with Crippen LogP contribution in [0.3, 0.4) is 0 Å². The third-order valence-corrected chi connectivity index (χ3v) is 3.06. The van der Waals surface area contributed by atoms with Crippen LogP contribution in [-0.4, -0.2) is 0 Å². The monoisotopic (exact) mass is 233 g/mol. The summed E-state index contributed by atoms with van der Waals surface area (Å²) in [6, 6.07) is 17.9. The average Bonchev–Trinajstić information content (AvgIpc) is 2.82. The summed E-state index contributed by atoms with van der Waals surface area (Å²) in [6.07, 6.45) is 0. The standard InChI is InChI=1S/C16H11NO/c1-11-8-13(6-7-14(11)10-17)16-9-12-4-2-3-5-15(12)18-16/h2-9H,1H3. The van der Waals surface area contributed by atoms with Gasteiger partial charge in [-0.2, -0.15) is 5.26 Å². The molecule has 0 aliphatic carbocycles. The summed E-state index contributed by atoms with van der Waals surface area (Å²) in [4.78, 5) is 0. The van der Waals surface area contributed by atoms with Crippen LogP contribution in [0.4, 0.5) is 0 Å². The maximum absolute atomic E-state index is 8.92. The van der Waals surface area contributed by atoms with E-state index in [1.54, 1.807) is 0 Å². The molecule has 0 atom stereocenters. The van der Waals surface area contributed by atoms with Crippen molar-refractivity contribution in [2.45, 2.75) is 6.92 Å². The van der Waals surface area contributed by atoms with E-state index in [2.05, 4.69) is 6.07 Å². The summed E-state index contributed by atoms with van der Waals surface area (Å²) in [5.41, 5.74) is 3.56. The lowest BCUT2D eigenvalue weighted by Crippen LogP contribution is -1.82. The van der Waals surface area contributed by atoms with Crippen LogP contribution >= 0.6 is 0 Å². The molecule has 0 spiro atoms. The number of benzene rings is 2. The van der Waals surface area contributed by atoms with Gasteiger partial charge >= 0.3 is 0 Å². The van der Waals surface area contributed by atoms with Gasteiger partial charge in [0.2, 0.25) is 0 Å². The second-order valence-electron chi connectivity index (χ2n) is 4.29. The zero-order chi connectivity index (χ0) is 12.5. The first-order chi connectivity index (χ1) is 8.78. The number of hydrogen-bond donors (Lipinski definition) is 0. The largest absolute Gasteiger partial charge is 0.456 e. The molecule has 0 amide bonds. The molecule has 0 N–H and O–H groups in total. The fourth-order valence-electron chi connectivity index (χ4n) is 2.07. The highest BCUT2D eigenvalue weighted by molar-refractivity contribution is 5.82.